The molecule has 1 aliphatic heterocycles. The van der Waals surface area contributed by atoms with Gasteiger partial charge in [0.1, 0.15) is 4.88 Å². The first-order chi connectivity index (χ1) is 11.5. The maximum atomic E-state index is 12.3. The molecule has 1 N–H and O–H groups in total. The normalized spacial score (nSPS) is 17.2. The first-order valence-electron chi connectivity index (χ1n) is 7.68. The number of esters is 1. The maximum absolute atomic E-state index is 12.3. The number of rotatable bonds is 7. The van der Waals surface area contributed by atoms with Crippen molar-refractivity contribution in [2.24, 2.45) is 5.92 Å². The molecule has 2 amide bonds. The average Bonchev–Trinajstić information content (AvgIpc) is 3.08. The Morgan fingerprint density at radius 1 is 1.46 bits per heavy atom. The molecule has 2 heterocycles. The molecule has 24 heavy (non-hydrogen) atoms. The number of thiazole rings is 1. The third kappa shape index (κ3) is 4.30. The predicted octanol–water partition coefficient (Wildman–Crippen LogP) is 1.06. The first-order valence-corrected chi connectivity index (χ1v) is 8.50. The molecule has 1 atom stereocenters. The first kappa shape index (κ1) is 18.3. The number of hydrogen-bond acceptors (Lipinski definition) is 7. The summed E-state index contributed by atoms with van der Waals surface area (Å²) in [5, 5.41) is 3.03. The summed E-state index contributed by atoms with van der Waals surface area (Å²) in [5.41, 5.74) is 0.512. The van der Waals surface area contributed by atoms with E-state index in [0.29, 0.717) is 35.4 Å². The molecule has 0 aromatic carbocycles. The van der Waals surface area contributed by atoms with E-state index in [0.717, 1.165) is 11.3 Å². The minimum atomic E-state index is -0.449. The number of hydrogen-bond donors (Lipinski definition) is 1. The van der Waals surface area contributed by atoms with E-state index in [4.69, 9.17) is 9.47 Å². The minimum Gasteiger partial charge on any atom is -0.462 e. The number of nitrogens with zero attached hydrogens (tertiary/aromatic N) is 2. The van der Waals surface area contributed by atoms with Crippen molar-refractivity contribution < 1.29 is 23.9 Å². The number of ether oxygens (including phenoxy) is 2. The van der Waals surface area contributed by atoms with Gasteiger partial charge in [-0.25, -0.2) is 9.78 Å². The molecule has 0 bridgehead atoms. The summed E-state index contributed by atoms with van der Waals surface area (Å²) < 4.78 is 9.90. The number of aromatic nitrogens is 1. The third-order valence-corrected chi connectivity index (χ3v) is 4.69. The Labute approximate surface area is 144 Å². The van der Waals surface area contributed by atoms with Crippen LogP contribution in [0.15, 0.2) is 0 Å². The van der Waals surface area contributed by atoms with Gasteiger partial charge in [0.2, 0.25) is 11.8 Å². The van der Waals surface area contributed by atoms with E-state index in [-0.39, 0.29) is 24.8 Å². The van der Waals surface area contributed by atoms with E-state index in [2.05, 4.69) is 10.3 Å². The molecule has 1 aliphatic rings. The summed E-state index contributed by atoms with van der Waals surface area (Å²) in [4.78, 5) is 42.2. The minimum absolute atomic E-state index is 0.0604. The Balaban J connectivity index is 1.97. The number of aryl methyl sites for hydroxylation is 1. The Kier molecular flexibility index (Phi) is 6.27. The summed E-state index contributed by atoms with van der Waals surface area (Å²) in [7, 11) is 1.57. The summed E-state index contributed by atoms with van der Waals surface area (Å²) in [5.74, 6) is -1.21. The van der Waals surface area contributed by atoms with E-state index in [1.165, 1.54) is 0 Å². The lowest BCUT2D eigenvalue weighted by atomic mass is 10.1. The topological polar surface area (TPSA) is 97.8 Å². The van der Waals surface area contributed by atoms with Crippen molar-refractivity contribution in [2.45, 2.75) is 20.3 Å². The van der Waals surface area contributed by atoms with Crippen molar-refractivity contribution in [3.63, 3.8) is 0 Å². The average molecular weight is 355 g/mol. The molecular weight excluding hydrogens is 334 g/mol. The highest BCUT2D eigenvalue weighted by molar-refractivity contribution is 7.17. The van der Waals surface area contributed by atoms with Crippen LogP contribution in [-0.4, -0.2) is 61.1 Å². The number of amides is 2. The van der Waals surface area contributed by atoms with Crippen molar-refractivity contribution in [1.82, 2.24) is 9.88 Å². The van der Waals surface area contributed by atoms with Gasteiger partial charge >= 0.3 is 5.97 Å². The predicted molar refractivity (Wildman–Crippen MR) is 88.0 cm³/mol. The zero-order valence-corrected chi connectivity index (χ0v) is 14.8. The lowest BCUT2D eigenvalue weighted by Gasteiger charge is -2.15. The number of anilines is 1. The molecule has 2 rings (SSSR count). The number of carbonyl (C=O) groups excluding carboxylic acids is 3. The Bertz CT molecular complexity index is 631. The Morgan fingerprint density at radius 3 is 2.88 bits per heavy atom. The highest BCUT2D eigenvalue weighted by Gasteiger charge is 2.34. The van der Waals surface area contributed by atoms with Gasteiger partial charge in [-0.2, -0.15) is 0 Å². The summed E-state index contributed by atoms with van der Waals surface area (Å²) in [6.07, 6.45) is 0.171. The van der Waals surface area contributed by atoms with E-state index in [1.807, 2.05) is 0 Å². The van der Waals surface area contributed by atoms with Crippen molar-refractivity contribution in [2.75, 3.05) is 38.7 Å². The number of carbonyl (C=O) groups is 3. The summed E-state index contributed by atoms with van der Waals surface area (Å²) in [6, 6.07) is 0. The van der Waals surface area contributed by atoms with Crippen molar-refractivity contribution in [3.05, 3.63) is 10.6 Å². The zero-order valence-electron chi connectivity index (χ0n) is 14.0. The molecule has 1 saturated heterocycles. The van der Waals surface area contributed by atoms with Gasteiger partial charge < -0.3 is 19.7 Å². The van der Waals surface area contributed by atoms with E-state index in [9.17, 15) is 14.4 Å². The van der Waals surface area contributed by atoms with Crippen LogP contribution in [0.1, 0.15) is 28.7 Å². The number of methoxy groups -OCH3 is 1. The largest absolute Gasteiger partial charge is 0.462 e. The fourth-order valence-electron chi connectivity index (χ4n) is 2.41. The lowest BCUT2D eigenvalue weighted by molar-refractivity contribution is -0.128. The second-order valence-corrected chi connectivity index (χ2v) is 6.38. The van der Waals surface area contributed by atoms with Crippen LogP contribution < -0.4 is 5.32 Å². The van der Waals surface area contributed by atoms with Crippen LogP contribution >= 0.6 is 11.3 Å². The Morgan fingerprint density at radius 2 is 2.21 bits per heavy atom. The van der Waals surface area contributed by atoms with Gasteiger partial charge in [-0.3, -0.25) is 9.59 Å². The van der Waals surface area contributed by atoms with Crippen LogP contribution in [0.4, 0.5) is 5.13 Å². The molecule has 132 valence electrons. The van der Waals surface area contributed by atoms with Gasteiger partial charge in [0.15, 0.2) is 5.13 Å². The van der Waals surface area contributed by atoms with Crippen LogP contribution in [0.3, 0.4) is 0 Å². The standard InChI is InChI=1S/C15H21N3O5S/c1-4-23-14(21)12-9(2)16-15(24-12)17-13(20)10-7-11(19)18(8-10)5-6-22-3/h10H,4-8H2,1-3H3,(H,16,17,20). The number of nitrogens with one attached hydrogen (secondary N) is 1. The zero-order chi connectivity index (χ0) is 17.7. The highest BCUT2D eigenvalue weighted by atomic mass is 32.1. The van der Waals surface area contributed by atoms with Gasteiger partial charge in [-0.05, 0) is 13.8 Å². The highest BCUT2D eigenvalue weighted by Crippen LogP contribution is 2.25. The molecule has 0 spiro atoms. The SMILES string of the molecule is CCOC(=O)c1sc(NC(=O)C2CC(=O)N(CCOC)C2)nc1C. The smallest absolute Gasteiger partial charge is 0.350 e. The summed E-state index contributed by atoms with van der Waals surface area (Å²) in [6.45, 7) is 4.97. The van der Waals surface area contributed by atoms with Crippen LogP contribution in [-0.2, 0) is 19.1 Å². The van der Waals surface area contributed by atoms with E-state index >= 15 is 0 Å². The van der Waals surface area contributed by atoms with Gasteiger partial charge in [-0.15, -0.1) is 0 Å². The molecule has 1 unspecified atom stereocenters. The molecular formula is C15H21N3O5S. The molecule has 0 saturated carbocycles. The van der Waals surface area contributed by atoms with Crippen molar-refractivity contribution in [3.8, 4) is 0 Å². The second kappa shape index (κ2) is 8.20. The quantitative estimate of drug-likeness (QED) is 0.735. The monoisotopic (exact) mass is 355 g/mol. The van der Waals surface area contributed by atoms with Gasteiger partial charge in [0, 0.05) is 26.6 Å². The molecule has 0 aliphatic carbocycles. The fraction of sp³-hybridized carbons (Fsp3) is 0.600. The van der Waals surface area contributed by atoms with Gasteiger partial charge in [0.25, 0.3) is 0 Å². The van der Waals surface area contributed by atoms with Crippen LogP contribution in [0.5, 0.6) is 0 Å². The summed E-state index contributed by atoms with van der Waals surface area (Å²) >= 11 is 1.07. The van der Waals surface area contributed by atoms with Crippen LogP contribution in [0.2, 0.25) is 0 Å². The van der Waals surface area contributed by atoms with Crippen molar-refractivity contribution >= 4 is 34.3 Å². The maximum Gasteiger partial charge on any atom is 0.350 e. The van der Waals surface area contributed by atoms with Gasteiger partial charge in [0.05, 0.1) is 24.8 Å². The fourth-order valence-corrected chi connectivity index (χ4v) is 3.27. The van der Waals surface area contributed by atoms with Crippen LogP contribution in [0, 0.1) is 12.8 Å². The lowest BCUT2D eigenvalue weighted by Crippen LogP contribution is -2.30. The Hall–Kier alpha value is -2.00. The molecule has 0 radical (unpaired) electrons. The second-order valence-electron chi connectivity index (χ2n) is 5.38. The van der Waals surface area contributed by atoms with Gasteiger partial charge in [-0.1, -0.05) is 11.3 Å². The number of likely N-dealkylation sites (tertiary alicyclic amines) is 1. The molecule has 9 heteroatoms. The molecule has 1 aromatic rings. The molecule has 1 fully saturated rings. The van der Waals surface area contributed by atoms with E-state index < -0.39 is 11.9 Å². The third-order valence-electron chi connectivity index (χ3n) is 3.64. The molecule has 8 nitrogen and oxygen atoms in total. The van der Waals surface area contributed by atoms with Crippen molar-refractivity contribution in [1.29, 1.82) is 0 Å². The molecule has 1 aromatic heterocycles. The van der Waals surface area contributed by atoms with Crippen LogP contribution in [0.25, 0.3) is 0 Å². The van der Waals surface area contributed by atoms with E-state index in [1.54, 1.807) is 25.9 Å².